The molecular formula is C17H21Cl2NO3. The van der Waals surface area contributed by atoms with Gasteiger partial charge in [0.1, 0.15) is 0 Å². The van der Waals surface area contributed by atoms with E-state index in [-0.39, 0.29) is 5.91 Å². The number of rotatable bonds is 3. The Kier molecular flexibility index (Phi) is 4.46. The van der Waals surface area contributed by atoms with Gasteiger partial charge in [0.2, 0.25) is 5.91 Å². The summed E-state index contributed by atoms with van der Waals surface area (Å²) in [6, 6.07) is 4.88. The third-order valence-corrected chi connectivity index (χ3v) is 6.77. The van der Waals surface area contributed by atoms with Crippen molar-refractivity contribution in [2.75, 3.05) is 5.32 Å². The second kappa shape index (κ2) is 5.67. The van der Waals surface area contributed by atoms with E-state index in [1.54, 1.807) is 25.1 Å². The zero-order valence-corrected chi connectivity index (χ0v) is 15.2. The molecule has 0 aromatic heterocycles. The zero-order valence-electron chi connectivity index (χ0n) is 13.7. The maximum atomic E-state index is 12.9. The summed E-state index contributed by atoms with van der Waals surface area (Å²) in [6.45, 7) is 7.24. The summed E-state index contributed by atoms with van der Waals surface area (Å²) in [7, 11) is 0. The Labute approximate surface area is 146 Å². The number of benzene rings is 1. The average molecular weight is 358 g/mol. The smallest absolute Gasteiger partial charge is 0.309 e. The second-order valence-electron chi connectivity index (χ2n) is 7.18. The first kappa shape index (κ1) is 18.1. The summed E-state index contributed by atoms with van der Waals surface area (Å²) >= 11 is 11.9. The van der Waals surface area contributed by atoms with E-state index in [9.17, 15) is 14.7 Å². The molecule has 1 aromatic carbocycles. The van der Waals surface area contributed by atoms with Crippen LogP contribution in [0.3, 0.4) is 0 Å². The van der Waals surface area contributed by atoms with Gasteiger partial charge in [-0.05, 0) is 43.4 Å². The Balaban J connectivity index is 2.31. The van der Waals surface area contributed by atoms with Crippen LogP contribution in [0.5, 0.6) is 0 Å². The molecule has 2 rings (SSSR count). The minimum absolute atomic E-state index is 0.203. The van der Waals surface area contributed by atoms with Crippen molar-refractivity contribution in [2.24, 2.45) is 16.2 Å². The van der Waals surface area contributed by atoms with Crippen molar-refractivity contribution in [3.05, 3.63) is 28.2 Å². The molecular weight excluding hydrogens is 337 g/mol. The molecule has 1 aromatic rings. The van der Waals surface area contributed by atoms with Crippen molar-refractivity contribution in [1.82, 2.24) is 0 Å². The van der Waals surface area contributed by atoms with Crippen molar-refractivity contribution in [1.29, 1.82) is 0 Å². The molecule has 4 nitrogen and oxygen atoms in total. The lowest BCUT2D eigenvalue weighted by molar-refractivity contribution is -0.157. The van der Waals surface area contributed by atoms with E-state index in [1.807, 2.05) is 20.8 Å². The van der Waals surface area contributed by atoms with Crippen molar-refractivity contribution >= 4 is 40.8 Å². The summed E-state index contributed by atoms with van der Waals surface area (Å²) < 4.78 is 0. The second-order valence-corrected chi connectivity index (χ2v) is 7.99. The highest BCUT2D eigenvalue weighted by molar-refractivity contribution is 6.42. The van der Waals surface area contributed by atoms with Gasteiger partial charge >= 0.3 is 5.97 Å². The van der Waals surface area contributed by atoms with Crippen LogP contribution in [0, 0.1) is 16.2 Å². The summed E-state index contributed by atoms with van der Waals surface area (Å²) in [5.41, 5.74) is -1.90. The largest absolute Gasteiger partial charge is 0.481 e. The molecule has 0 radical (unpaired) electrons. The molecule has 6 heteroatoms. The van der Waals surface area contributed by atoms with Crippen molar-refractivity contribution in [2.45, 2.75) is 40.5 Å². The lowest BCUT2D eigenvalue weighted by atomic mass is 9.59. The molecule has 2 unspecified atom stereocenters. The number of amides is 1. The first-order valence-electron chi connectivity index (χ1n) is 7.45. The topological polar surface area (TPSA) is 66.4 Å². The molecule has 1 amide bonds. The highest BCUT2D eigenvalue weighted by Gasteiger charge is 2.64. The van der Waals surface area contributed by atoms with Gasteiger partial charge in [0.05, 0.1) is 20.9 Å². The predicted octanol–water partition coefficient (Wildman–Crippen LogP) is 4.85. The number of hydrogen-bond acceptors (Lipinski definition) is 2. The lowest BCUT2D eigenvalue weighted by Gasteiger charge is -2.44. The Morgan fingerprint density at radius 3 is 2.09 bits per heavy atom. The van der Waals surface area contributed by atoms with Crippen molar-refractivity contribution < 1.29 is 14.7 Å². The van der Waals surface area contributed by atoms with E-state index in [4.69, 9.17) is 23.2 Å². The molecule has 126 valence electrons. The monoisotopic (exact) mass is 357 g/mol. The standard InChI is InChI=1S/C17H21Cl2NO3/c1-15(2)16(3,7-8-17(15,4)14(22)23)13(21)20-10-5-6-11(18)12(19)9-10/h5-6,9H,7-8H2,1-4H3,(H,20,21)(H,22,23). The van der Waals surface area contributed by atoms with Crippen LogP contribution < -0.4 is 5.32 Å². The summed E-state index contributed by atoms with van der Waals surface area (Å²) in [4.78, 5) is 24.6. The molecule has 2 atom stereocenters. The normalized spacial score (nSPS) is 29.3. The fraction of sp³-hybridized carbons (Fsp3) is 0.529. The van der Waals surface area contributed by atoms with E-state index in [0.29, 0.717) is 28.6 Å². The first-order valence-corrected chi connectivity index (χ1v) is 8.21. The third kappa shape index (κ3) is 2.62. The molecule has 0 bridgehead atoms. The van der Waals surface area contributed by atoms with E-state index >= 15 is 0 Å². The maximum absolute atomic E-state index is 12.9. The van der Waals surface area contributed by atoms with Crippen LogP contribution in [0.2, 0.25) is 10.0 Å². The van der Waals surface area contributed by atoms with Crippen LogP contribution in [0.15, 0.2) is 18.2 Å². The Morgan fingerprint density at radius 1 is 1.04 bits per heavy atom. The molecule has 1 saturated carbocycles. The van der Waals surface area contributed by atoms with Gasteiger partial charge in [-0.15, -0.1) is 0 Å². The number of carbonyl (C=O) groups is 2. The number of aliphatic carboxylic acids is 1. The summed E-state index contributed by atoms with van der Waals surface area (Å²) in [5, 5.41) is 13.2. The molecule has 0 aliphatic heterocycles. The molecule has 1 fully saturated rings. The van der Waals surface area contributed by atoms with Gasteiger partial charge in [-0.25, -0.2) is 0 Å². The number of halogens is 2. The molecule has 1 aliphatic rings. The Bertz CT molecular complexity index is 674. The fourth-order valence-corrected chi connectivity index (χ4v) is 3.65. The summed E-state index contributed by atoms with van der Waals surface area (Å²) in [5.74, 6) is -1.07. The highest BCUT2D eigenvalue weighted by atomic mass is 35.5. The average Bonchev–Trinajstić information content (AvgIpc) is 2.65. The van der Waals surface area contributed by atoms with Crippen LogP contribution in [0.4, 0.5) is 5.69 Å². The van der Waals surface area contributed by atoms with Gasteiger partial charge in [0, 0.05) is 5.69 Å². The van der Waals surface area contributed by atoms with Crippen LogP contribution >= 0.6 is 23.2 Å². The molecule has 0 saturated heterocycles. The number of carboxylic acids is 1. The molecule has 0 heterocycles. The predicted molar refractivity (Wildman–Crippen MR) is 92.0 cm³/mol. The van der Waals surface area contributed by atoms with Crippen LogP contribution in [0.1, 0.15) is 40.5 Å². The first-order chi connectivity index (χ1) is 10.5. The van der Waals surface area contributed by atoms with Crippen molar-refractivity contribution in [3.8, 4) is 0 Å². The molecule has 0 spiro atoms. The lowest BCUT2D eigenvalue weighted by Crippen LogP contribution is -2.49. The third-order valence-electron chi connectivity index (χ3n) is 6.03. The minimum Gasteiger partial charge on any atom is -0.481 e. The SMILES string of the molecule is CC1(C(=O)O)CCC(C)(C(=O)Nc2ccc(Cl)c(Cl)c2)C1(C)C. The van der Waals surface area contributed by atoms with Crippen LogP contribution in [-0.4, -0.2) is 17.0 Å². The molecule has 2 N–H and O–H groups in total. The van der Waals surface area contributed by atoms with Gasteiger partial charge in [0.15, 0.2) is 0 Å². The van der Waals surface area contributed by atoms with Gasteiger partial charge < -0.3 is 10.4 Å². The molecule has 23 heavy (non-hydrogen) atoms. The Hall–Kier alpha value is -1.26. The highest BCUT2D eigenvalue weighted by Crippen LogP contribution is 2.63. The van der Waals surface area contributed by atoms with Gasteiger partial charge in [-0.2, -0.15) is 0 Å². The quantitative estimate of drug-likeness (QED) is 0.812. The van der Waals surface area contributed by atoms with E-state index in [2.05, 4.69) is 5.32 Å². The van der Waals surface area contributed by atoms with Crippen LogP contribution in [0.25, 0.3) is 0 Å². The minimum atomic E-state index is -0.948. The number of nitrogens with one attached hydrogen (secondary N) is 1. The number of carboxylic acid groups (broad SMARTS) is 1. The number of hydrogen-bond donors (Lipinski definition) is 2. The van der Waals surface area contributed by atoms with E-state index in [1.165, 1.54) is 0 Å². The zero-order chi connectivity index (χ0) is 17.6. The summed E-state index contributed by atoms with van der Waals surface area (Å²) in [6.07, 6.45) is 0.969. The number of carbonyl (C=O) groups excluding carboxylic acids is 1. The van der Waals surface area contributed by atoms with Gasteiger partial charge in [0.25, 0.3) is 0 Å². The van der Waals surface area contributed by atoms with Crippen LogP contribution in [-0.2, 0) is 9.59 Å². The van der Waals surface area contributed by atoms with Gasteiger partial charge in [-0.1, -0.05) is 44.0 Å². The van der Waals surface area contributed by atoms with E-state index < -0.39 is 22.2 Å². The van der Waals surface area contributed by atoms with E-state index in [0.717, 1.165) is 0 Å². The van der Waals surface area contributed by atoms with Crippen molar-refractivity contribution in [3.63, 3.8) is 0 Å². The maximum Gasteiger partial charge on any atom is 0.309 e. The number of anilines is 1. The fourth-order valence-electron chi connectivity index (χ4n) is 3.35. The Morgan fingerprint density at radius 2 is 1.61 bits per heavy atom. The molecule has 1 aliphatic carbocycles. The van der Waals surface area contributed by atoms with Gasteiger partial charge in [-0.3, -0.25) is 9.59 Å².